The van der Waals surface area contributed by atoms with Crippen molar-refractivity contribution >= 4 is 34.9 Å². The van der Waals surface area contributed by atoms with E-state index in [0.717, 1.165) is 28.0 Å². The number of hydrogen-bond donors (Lipinski definition) is 0. The fraction of sp³-hybridized carbons (Fsp3) is 0.393. The second kappa shape index (κ2) is 11.8. The Morgan fingerprint density at radius 2 is 1.68 bits per heavy atom. The zero-order chi connectivity index (χ0) is 26.4. The standard InChI is InChI=1S/C28H32N2O6S/c1-28(2,3)21-7-9-22(10-8-21)35-15-16-36-23-6-4-5-20(17-23)18-24-26(32)30(27(33)37-24)19-25(31)29-11-13-34-14-12-29/h4-10,17-18H,11-16,19H2,1-3H3/b24-18-. The number of thioether (sulfide) groups is 1. The Morgan fingerprint density at radius 1 is 1.00 bits per heavy atom. The van der Waals surface area contributed by atoms with Gasteiger partial charge in [-0.2, -0.15) is 0 Å². The first-order chi connectivity index (χ1) is 17.7. The predicted octanol–water partition coefficient (Wildman–Crippen LogP) is 4.34. The van der Waals surface area contributed by atoms with E-state index in [0.29, 0.717) is 45.3 Å². The van der Waals surface area contributed by atoms with Crippen LogP contribution in [0.4, 0.5) is 4.79 Å². The molecule has 0 saturated carbocycles. The van der Waals surface area contributed by atoms with Gasteiger partial charge in [-0.1, -0.05) is 45.0 Å². The first-order valence-corrected chi connectivity index (χ1v) is 13.1. The van der Waals surface area contributed by atoms with Gasteiger partial charge in [0, 0.05) is 13.1 Å². The Balaban J connectivity index is 1.29. The van der Waals surface area contributed by atoms with Gasteiger partial charge in [0.05, 0.1) is 18.1 Å². The topological polar surface area (TPSA) is 85.4 Å². The molecule has 2 fully saturated rings. The molecule has 3 amide bonds. The van der Waals surface area contributed by atoms with Gasteiger partial charge in [0.25, 0.3) is 11.1 Å². The number of benzene rings is 2. The van der Waals surface area contributed by atoms with Crippen LogP contribution in [0, 0.1) is 0 Å². The van der Waals surface area contributed by atoms with Gasteiger partial charge in [0.1, 0.15) is 31.3 Å². The maximum absolute atomic E-state index is 12.8. The van der Waals surface area contributed by atoms with Gasteiger partial charge in [-0.25, -0.2) is 0 Å². The van der Waals surface area contributed by atoms with Crippen LogP contribution in [0.2, 0.25) is 0 Å². The summed E-state index contributed by atoms with van der Waals surface area (Å²) >= 11 is 0.835. The summed E-state index contributed by atoms with van der Waals surface area (Å²) in [6, 6.07) is 15.3. The Morgan fingerprint density at radius 3 is 2.35 bits per heavy atom. The number of morpholine rings is 1. The monoisotopic (exact) mass is 524 g/mol. The summed E-state index contributed by atoms with van der Waals surface area (Å²) in [4.78, 5) is 40.6. The van der Waals surface area contributed by atoms with Crippen LogP contribution in [0.25, 0.3) is 6.08 Å². The van der Waals surface area contributed by atoms with E-state index in [4.69, 9.17) is 14.2 Å². The minimum atomic E-state index is -0.464. The van der Waals surface area contributed by atoms with Crippen LogP contribution >= 0.6 is 11.8 Å². The molecule has 0 radical (unpaired) electrons. The summed E-state index contributed by atoms with van der Waals surface area (Å²) in [5, 5.41) is -0.446. The maximum Gasteiger partial charge on any atom is 0.294 e. The number of carbonyl (C=O) groups excluding carboxylic acids is 3. The lowest BCUT2D eigenvalue weighted by molar-refractivity contribution is -0.139. The highest BCUT2D eigenvalue weighted by atomic mass is 32.2. The first kappa shape index (κ1) is 26.8. The zero-order valence-corrected chi connectivity index (χ0v) is 22.2. The lowest BCUT2D eigenvalue weighted by Gasteiger charge is -2.28. The van der Waals surface area contributed by atoms with E-state index in [1.165, 1.54) is 5.56 Å². The molecule has 0 aromatic heterocycles. The van der Waals surface area contributed by atoms with E-state index >= 15 is 0 Å². The summed E-state index contributed by atoms with van der Waals surface area (Å²) < 4.78 is 16.8. The van der Waals surface area contributed by atoms with E-state index in [-0.39, 0.29) is 22.8 Å². The van der Waals surface area contributed by atoms with Crippen LogP contribution in [0.3, 0.4) is 0 Å². The van der Waals surface area contributed by atoms with Crippen molar-refractivity contribution in [1.82, 2.24) is 9.80 Å². The van der Waals surface area contributed by atoms with Crippen molar-refractivity contribution in [3.63, 3.8) is 0 Å². The second-order valence-electron chi connectivity index (χ2n) is 9.80. The van der Waals surface area contributed by atoms with E-state index in [2.05, 4.69) is 32.9 Å². The molecule has 2 aliphatic rings. The average molecular weight is 525 g/mol. The highest BCUT2D eigenvalue weighted by Gasteiger charge is 2.37. The third kappa shape index (κ3) is 7.14. The molecule has 9 heteroatoms. The first-order valence-electron chi connectivity index (χ1n) is 12.3. The summed E-state index contributed by atoms with van der Waals surface area (Å²) in [5.74, 6) is 0.693. The summed E-state index contributed by atoms with van der Waals surface area (Å²) in [5.41, 5.74) is 2.06. The molecule has 2 aliphatic heterocycles. The number of imide groups is 1. The Labute approximate surface area is 221 Å². The van der Waals surface area contributed by atoms with Crippen molar-refractivity contribution in [2.45, 2.75) is 26.2 Å². The third-order valence-corrected chi connectivity index (χ3v) is 6.94. The highest BCUT2D eigenvalue weighted by molar-refractivity contribution is 8.18. The maximum atomic E-state index is 12.8. The molecule has 0 bridgehead atoms. The SMILES string of the molecule is CC(C)(C)c1ccc(OCCOc2cccc(/C=C3\SC(=O)N(CC(=O)N4CCOCC4)C3=O)c2)cc1. The quantitative estimate of drug-likeness (QED) is 0.375. The molecule has 0 spiro atoms. The van der Waals surface area contributed by atoms with Gasteiger partial charge < -0.3 is 19.1 Å². The predicted molar refractivity (Wildman–Crippen MR) is 143 cm³/mol. The van der Waals surface area contributed by atoms with Crippen molar-refractivity contribution in [2.75, 3.05) is 46.1 Å². The number of rotatable bonds is 8. The normalized spacial score (nSPS) is 17.4. The summed E-state index contributed by atoms with van der Waals surface area (Å²) in [7, 11) is 0. The molecule has 2 aromatic carbocycles. The van der Waals surface area contributed by atoms with Gasteiger partial charge in [0.15, 0.2) is 0 Å². The summed E-state index contributed by atoms with van der Waals surface area (Å²) in [6.45, 7) is 8.84. The highest BCUT2D eigenvalue weighted by Crippen LogP contribution is 2.32. The van der Waals surface area contributed by atoms with Crippen molar-refractivity contribution in [1.29, 1.82) is 0 Å². The molecule has 0 aliphatic carbocycles. The van der Waals surface area contributed by atoms with Gasteiger partial charge in [-0.3, -0.25) is 19.3 Å². The Hall–Kier alpha value is -3.30. The van der Waals surface area contributed by atoms with Crippen molar-refractivity contribution in [3.05, 3.63) is 64.6 Å². The van der Waals surface area contributed by atoms with Crippen LogP contribution in [-0.2, 0) is 19.7 Å². The van der Waals surface area contributed by atoms with Crippen LogP contribution in [-0.4, -0.2) is 72.9 Å². The number of carbonyl (C=O) groups is 3. The molecular formula is C28H32N2O6S. The number of nitrogens with zero attached hydrogens (tertiary/aromatic N) is 2. The number of amides is 3. The molecule has 2 heterocycles. The fourth-order valence-electron chi connectivity index (χ4n) is 3.90. The molecule has 4 rings (SSSR count). The lowest BCUT2D eigenvalue weighted by Crippen LogP contribution is -2.46. The third-order valence-electron chi connectivity index (χ3n) is 6.03. The number of hydrogen-bond acceptors (Lipinski definition) is 7. The van der Waals surface area contributed by atoms with Crippen LogP contribution in [0.1, 0.15) is 31.9 Å². The van der Waals surface area contributed by atoms with E-state index in [1.807, 2.05) is 30.3 Å². The minimum Gasteiger partial charge on any atom is -0.490 e. The van der Waals surface area contributed by atoms with Crippen molar-refractivity contribution in [3.8, 4) is 11.5 Å². The van der Waals surface area contributed by atoms with Crippen molar-refractivity contribution in [2.24, 2.45) is 0 Å². The smallest absolute Gasteiger partial charge is 0.294 e. The molecule has 8 nitrogen and oxygen atoms in total. The molecule has 0 unspecified atom stereocenters. The van der Waals surface area contributed by atoms with Gasteiger partial charge in [-0.15, -0.1) is 0 Å². The molecular weight excluding hydrogens is 492 g/mol. The van der Waals surface area contributed by atoms with E-state index in [9.17, 15) is 14.4 Å². The second-order valence-corrected chi connectivity index (χ2v) is 10.8. The van der Waals surface area contributed by atoms with Crippen LogP contribution < -0.4 is 9.47 Å². The molecule has 196 valence electrons. The molecule has 0 atom stereocenters. The molecule has 0 N–H and O–H groups in total. The minimum absolute atomic E-state index is 0.0927. The molecule has 2 aromatic rings. The average Bonchev–Trinajstić information content (AvgIpc) is 3.14. The van der Waals surface area contributed by atoms with E-state index < -0.39 is 11.1 Å². The fourth-order valence-corrected chi connectivity index (χ4v) is 4.74. The lowest BCUT2D eigenvalue weighted by atomic mass is 9.87. The van der Waals surface area contributed by atoms with Crippen LogP contribution in [0.5, 0.6) is 11.5 Å². The number of ether oxygens (including phenoxy) is 3. The summed E-state index contributed by atoms with van der Waals surface area (Å²) in [6.07, 6.45) is 1.64. The molecule has 2 saturated heterocycles. The molecule has 37 heavy (non-hydrogen) atoms. The van der Waals surface area contributed by atoms with Crippen molar-refractivity contribution < 1.29 is 28.6 Å². The van der Waals surface area contributed by atoms with E-state index in [1.54, 1.807) is 17.0 Å². The Kier molecular flexibility index (Phi) is 8.56. The zero-order valence-electron chi connectivity index (χ0n) is 21.4. The van der Waals surface area contributed by atoms with Crippen LogP contribution in [0.15, 0.2) is 53.4 Å². The largest absolute Gasteiger partial charge is 0.490 e. The van der Waals surface area contributed by atoms with Gasteiger partial charge in [-0.05, 0) is 58.6 Å². The Bertz CT molecular complexity index is 1170. The van der Waals surface area contributed by atoms with Gasteiger partial charge in [0.2, 0.25) is 5.91 Å². The van der Waals surface area contributed by atoms with Gasteiger partial charge >= 0.3 is 0 Å².